The van der Waals surface area contributed by atoms with Crippen LogP contribution in [0.3, 0.4) is 0 Å². The van der Waals surface area contributed by atoms with E-state index >= 15 is 0 Å². The number of nitrogens with zero attached hydrogens (tertiary/aromatic N) is 1. The summed E-state index contributed by atoms with van der Waals surface area (Å²) in [5.74, 6) is 0. The van der Waals surface area contributed by atoms with Crippen molar-refractivity contribution in [1.82, 2.24) is 4.90 Å². The molecule has 15 heavy (non-hydrogen) atoms. The van der Waals surface area contributed by atoms with Crippen molar-refractivity contribution in [1.29, 1.82) is 0 Å². The fourth-order valence-electron chi connectivity index (χ4n) is 1.07. The average molecular weight is 275 g/mol. The first-order chi connectivity index (χ1) is 5.93. The van der Waals surface area contributed by atoms with Gasteiger partial charge in [0, 0.05) is 6.54 Å². The molecule has 1 atom stereocenters. The molecule has 0 N–H and O–H groups in total. The van der Waals surface area contributed by atoms with E-state index in [1.165, 1.54) is 0 Å². The van der Waals surface area contributed by atoms with Gasteiger partial charge in [0.25, 0.3) is 0 Å². The Balaban J connectivity index is 0. The summed E-state index contributed by atoms with van der Waals surface area (Å²) in [5, 5.41) is 20.2. The van der Waals surface area contributed by atoms with Gasteiger partial charge >= 0.3 is 109 Å². The van der Waals surface area contributed by atoms with Crippen LogP contribution >= 0.6 is 0 Å². The van der Waals surface area contributed by atoms with Crippen LogP contribution in [-0.4, -0.2) is 44.0 Å². The average Bonchev–Trinajstić information content (AvgIpc) is 1.98. The van der Waals surface area contributed by atoms with Gasteiger partial charge in [0.05, 0.1) is 6.61 Å². The standard InChI is InChI=1S/C5H7BF3NO3.2K/c7-4-5(8,9)13-2-1-10(4)3-6(11)12;;/h4H,1-3H2;;/q-2;2*+1. The summed E-state index contributed by atoms with van der Waals surface area (Å²) in [7, 11) is -2.33. The Morgan fingerprint density at radius 2 is 1.93 bits per heavy atom. The van der Waals surface area contributed by atoms with Crippen LogP contribution in [-0.2, 0) is 4.74 Å². The number of hydrogen-bond donors (Lipinski definition) is 0. The van der Waals surface area contributed by atoms with E-state index in [-0.39, 0.29) is 116 Å². The molecule has 1 aliphatic rings. The van der Waals surface area contributed by atoms with Crippen LogP contribution in [0.5, 0.6) is 0 Å². The maximum Gasteiger partial charge on any atom is 1.00 e. The molecule has 1 rings (SSSR count). The smallest absolute Gasteiger partial charge is 0.892 e. The van der Waals surface area contributed by atoms with E-state index in [0.29, 0.717) is 4.90 Å². The zero-order chi connectivity index (χ0) is 10.1. The molecule has 4 nitrogen and oxygen atoms in total. The van der Waals surface area contributed by atoms with Crippen LogP contribution in [0.4, 0.5) is 13.2 Å². The van der Waals surface area contributed by atoms with E-state index in [9.17, 15) is 23.2 Å². The van der Waals surface area contributed by atoms with Gasteiger partial charge in [-0.25, -0.2) is 4.39 Å². The molecule has 1 aliphatic heterocycles. The number of rotatable bonds is 2. The van der Waals surface area contributed by atoms with E-state index in [1.807, 2.05) is 0 Å². The predicted molar refractivity (Wildman–Crippen MR) is 33.1 cm³/mol. The maximum absolute atomic E-state index is 12.8. The summed E-state index contributed by atoms with van der Waals surface area (Å²) in [6.07, 6.45) is -7.40. The molecule has 0 spiro atoms. The summed E-state index contributed by atoms with van der Waals surface area (Å²) in [6, 6.07) is 0. The third-order valence-electron chi connectivity index (χ3n) is 1.65. The fraction of sp³-hybridized carbons (Fsp3) is 1.00. The van der Waals surface area contributed by atoms with Crippen molar-refractivity contribution in [2.24, 2.45) is 0 Å². The zero-order valence-electron chi connectivity index (χ0n) is 8.58. The van der Waals surface area contributed by atoms with E-state index in [4.69, 9.17) is 0 Å². The second-order valence-corrected chi connectivity index (χ2v) is 2.67. The van der Waals surface area contributed by atoms with Gasteiger partial charge in [0.2, 0.25) is 6.30 Å². The van der Waals surface area contributed by atoms with Gasteiger partial charge in [-0.15, -0.1) is 0 Å². The van der Waals surface area contributed by atoms with Gasteiger partial charge in [-0.05, 0) is 0 Å². The van der Waals surface area contributed by atoms with Gasteiger partial charge in [-0.2, -0.15) is 8.78 Å². The SMILES string of the molecule is [K+].[K+].[O-]B([O-])CN1CCOC(F)(F)C1F. The van der Waals surface area contributed by atoms with Gasteiger partial charge in [0.15, 0.2) is 0 Å². The Kier molecular flexibility index (Phi) is 12.1. The second kappa shape index (κ2) is 8.96. The van der Waals surface area contributed by atoms with E-state index in [0.717, 1.165) is 0 Å². The molecule has 0 bridgehead atoms. The van der Waals surface area contributed by atoms with Crippen LogP contribution < -0.4 is 113 Å². The van der Waals surface area contributed by atoms with Crippen molar-refractivity contribution in [2.75, 3.05) is 19.6 Å². The normalized spacial score (nSPS) is 25.0. The molecule has 76 valence electrons. The van der Waals surface area contributed by atoms with Gasteiger partial charge < -0.3 is 14.8 Å². The Morgan fingerprint density at radius 3 is 2.40 bits per heavy atom. The summed E-state index contributed by atoms with van der Waals surface area (Å²) >= 11 is 0. The first-order valence-electron chi connectivity index (χ1n) is 3.65. The van der Waals surface area contributed by atoms with Crippen LogP contribution in [0.25, 0.3) is 0 Å². The molecule has 0 saturated carbocycles. The Labute approximate surface area is 171 Å². The Bertz CT molecular complexity index is 191. The first-order valence-corrected chi connectivity index (χ1v) is 3.65. The van der Waals surface area contributed by atoms with E-state index in [2.05, 4.69) is 4.74 Å². The molecule has 10 heteroatoms. The molecule has 0 aliphatic carbocycles. The third kappa shape index (κ3) is 6.62. The fourth-order valence-corrected chi connectivity index (χ4v) is 1.07. The summed E-state index contributed by atoms with van der Waals surface area (Å²) in [5.41, 5.74) is 0. The quantitative estimate of drug-likeness (QED) is 0.371. The van der Waals surface area contributed by atoms with Gasteiger partial charge in [0.1, 0.15) is 0 Å². The summed E-state index contributed by atoms with van der Waals surface area (Å²) < 4.78 is 41.5. The van der Waals surface area contributed by atoms with Crippen molar-refractivity contribution in [3.63, 3.8) is 0 Å². The van der Waals surface area contributed by atoms with E-state index < -0.39 is 26.0 Å². The minimum absolute atomic E-state index is 0. The van der Waals surface area contributed by atoms with Crippen LogP contribution in [0.15, 0.2) is 0 Å². The molecular formula is C5H7BF3K2NO3. The minimum atomic E-state index is -3.92. The molecule has 0 amide bonds. The number of morpholine rings is 1. The summed E-state index contributed by atoms with van der Waals surface area (Å²) in [6.45, 7) is -0.558. The van der Waals surface area contributed by atoms with E-state index in [1.54, 1.807) is 0 Å². The van der Waals surface area contributed by atoms with Gasteiger partial charge in [-0.3, -0.25) is 4.90 Å². The van der Waals surface area contributed by atoms with Crippen LogP contribution in [0, 0.1) is 0 Å². The largest absolute Gasteiger partial charge is 1.00 e. The van der Waals surface area contributed by atoms with Crippen molar-refractivity contribution in [3.8, 4) is 0 Å². The molecule has 0 aromatic carbocycles. The molecule has 1 fully saturated rings. The van der Waals surface area contributed by atoms with Crippen molar-refractivity contribution in [3.05, 3.63) is 0 Å². The minimum Gasteiger partial charge on any atom is -0.892 e. The van der Waals surface area contributed by atoms with Crippen molar-refractivity contribution < 1.29 is 131 Å². The maximum atomic E-state index is 12.8. The predicted octanol–water partition coefficient (Wildman–Crippen LogP) is -8.04. The number of halogens is 3. The van der Waals surface area contributed by atoms with Gasteiger partial charge in [-0.1, -0.05) is 13.6 Å². The first kappa shape index (κ1) is 20.3. The van der Waals surface area contributed by atoms with Crippen LogP contribution in [0.1, 0.15) is 0 Å². The molecular weight excluding hydrogens is 268 g/mol. The second-order valence-electron chi connectivity index (χ2n) is 2.67. The van der Waals surface area contributed by atoms with Crippen molar-refractivity contribution in [2.45, 2.75) is 12.4 Å². The monoisotopic (exact) mass is 275 g/mol. The topological polar surface area (TPSA) is 58.6 Å². The number of alkyl halides is 3. The molecule has 0 aromatic heterocycles. The Morgan fingerprint density at radius 1 is 1.40 bits per heavy atom. The van der Waals surface area contributed by atoms with Crippen LogP contribution in [0.2, 0.25) is 0 Å². The third-order valence-corrected chi connectivity index (χ3v) is 1.65. The number of ether oxygens (including phenoxy) is 1. The molecule has 1 unspecified atom stereocenters. The number of hydrogen-bond acceptors (Lipinski definition) is 4. The Hall–Kier alpha value is 2.97. The van der Waals surface area contributed by atoms with Crippen molar-refractivity contribution >= 4 is 7.12 Å². The zero-order valence-corrected chi connectivity index (χ0v) is 14.8. The molecule has 1 saturated heterocycles. The summed E-state index contributed by atoms with van der Waals surface area (Å²) in [4.78, 5) is 0.494. The molecule has 0 radical (unpaired) electrons. The molecule has 1 heterocycles. The molecule has 0 aromatic rings.